The van der Waals surface area contributed by atoms with Crippen molar-refractivity contribution in [2.24, 2.45) is 5.92 Å². The minimum Gasteiger partial charge on any atom is -0.340 e. The van der Waals surface area contributed by atoms with Crippen molar-refractivity contribution in [3.63, 3.8) is 0 Å². The van der Waals surface area contributed by atoms with E-state index in [1.807, 2.05) is 4.90 Å². The second kappa shape index (κ2) is 7.56. The van der Waals surface area contributed by atoms with Gasteiger partial charge >= 0.3 is 0 Å². The van der Waals surface area contributed by atoms with E-state index in [1.165, 1.54) is 16.4 Å². The number of terminal acetylenes is 1. The Balaban J connectivity index is 1.64. The average molecular weight is 361 g/mol. The topological polar surface area (TPSA) is 69.7 Å². The zero-order chi connectivity index (χ0) is 17.9. The van der Waals surface area contributed by atoms with Gasteiger partial charge in [-0.1, -0.05) is 5.92 Å². The summed E-state index contributed by atoms with van der Waals surface area (Å²) in [5.74, 6) is 2.85. The van der Waals surface area contributed by atoms with Crippen LogP contribution in [0.1, 0.15) is 18.4 Å². The summed E-state index contributed by atoms with van der Waals surface area (Å²) in [6.07, 6.45) is 7.42. The van der Waals surface area contributed by atoms with E-state index in [4.69, 9.17) is 6.42 Å². The highest BCUT2D eigenvalue weighted by Crippen LogP contribution is 2.20. The number of amides is 1. The first-order chi connectivity index (χ1) is 12.0. The Labute approximate surface area is 149 Å². The van der Waals surface area contributed by atoms with Gasteiger partial charge in [-0.3, -0.25) is 4.79 Å². The molecular formula is C18H23N3O3S. The number of nitrogens with one attached hydrogen (secondary N) is 1. The zero-order valence-electron chi connectivity index (χ0n) is 14.1. The zero-order valence-corrected chi connectivity index (χ0v) is 15.0. The van der Waals surface area contributed by atoms with Crippen molar-refractivity contribution >= 4 is 15.9 Å². The van der Waals surface area contributed by atoms with E-state index < -0.39 is 10.0 Å². The van der Waals surface area contributed by atoms with Gasteiger partial charge in [-0.05, 0) is 56.1 Å². The van der Waals surface area contributed by atoms with E-state index in [1.54, 1.807) is 12.1 Å². The lowest BCUT2D eigenvalue weighted by atomic mass is 9.97. The third-order valence-electron chi connectivity index (χ3n) is 4.88. The lowest BCUT2D eigenvalue weighted by Gasteiger charge is -2.36. The molecule has 2 aliphatic heterocycles. The van der Waals surface area contributed by atoms with E-state index in [0.29, 0.717) is 24.6 Å². The fraction of sp³-hybridized carbons (Fsp3) is 0.500. The lowest BCUT2D eigenvalue weighted by Crippen LogP contribution is -2.53. The Morgan fingerprint density at radius 2 is 1.84 bits per heavy atom. The van der Waals surface area contributed by atoms with Crippen LogP contribution in [0, 0.1) is 18.3 Å². The van der Waals surface area contributed by atoms with Crippen molar-refractivity contribution in [3.05, 3.63) is 29.8 Å². The van der Waals surface area contributed by atoms with Gasteiger partial charge in [-0.15, -0.1) is 6.42 Å². The number of hydrogen-bond donors (Lipinski definition) is 1. The molecule has 1 amide bonds. The molecule has 0 bridgehead atoms. The predicted octanol–water partition coefficient (Wildman–Crippen LogP) is 0.500. The molecule has 0 unspecified atom stereocenters. The van der Waals surface area contributed by atoms with Crippen LogP contribution in [0.2, 0.25) is 0 Å². The van der Waals surface area contributed by atoms with Crippen LogP contribution in [-0.4, -0.2) is 62.8 Å². The Kier molecular flexibility index (Phi) is 5.42. The molecule has 2 aliphatic rings. The number of carbonyl (C=O) groups is 1. The Morgan fingerprint density at radius 1 is 1.16 bits per heavy atom. The third kappa shape index (κ3) is 4.03. The second-order valence-electron chi connectivity index (χ2n) is 6.54. The third-order valence-corrected chi connectivity index (χ3v) is 6.74. The molecule has 25 heavy (non-hydrogen) atoms. The molecule has 2 heterocycles. The van der Waals surface area contributed by atoms with Gasteiger partial charge < -0.3 is 10.2 Å². The molecule has 0 aromatic heterocycles. The summed E-state index contributed by atoms with van der Waals surface area (Å²) >= 11 is 0. The van der Waals surface area contributed by atoms with Crippen LogP contribution in [0.25, 0.3) is 0 Å². The highest BCUT2D eigenvalue weighted by Gasteiger charge is 2.33. The van der Waals surface area contributed by atoms with Crippen LogP contribution in [0.3, 0.4) is 0 Å². The van der Waals surface area contributed by atoms with Crippen molar-refractivity contribution in [2.45, 2.75) is 17.7 Å². The summed E-state index contributed by atoms with van der Waals surface area (Å²) in [6.45, 7) is 3.39. The van der Waals surface area contributed by atoms with Gasteiger partial charge in [0.25, 0.3) is 0 Å². The van der Waals surface area contributed by atoms with E-state index in [9.17, 15) is 13.2 Å². The normalized spacial score (nSPS) is 20.4. The van der Waals surface area contributed by atoms with Crippen molar-refractivity contribution in [1.29, 1.82) is 0 Å². The minimum absolute atomic E-state index is 0.0931. The first-order valence-corrected chi connectivity index (χ1v) is 10.00. The molecule has 1 N–H and O–H groups in total. The minimum atomic E-state index is -3.67. The monoisotopic (exact) mass is 361 g/mol. The van der Waals surface area contributed by atoms with Crippen LogP contribution in [0.5, 0.6) is 0 Å². The molecule has 6 nitrogen and oxygen atoms in total. The summed E-state index contributed by atoms with van der Waals surface area (Å²) in [5.41, 5.74) is 0.627. The fourth-order valence-electron chi connectivity index (χ4n) is 3.33. The summed E-state index contributed by atoms with van der Waals surface area (Å²) < 4.78 is 26.7. The number of piperazine rings is 1. The first kappa shape index (κ1) is 17.9. The smallest absolute Gasteiger partial charge is 0.243 e. The maximum absolute atomic E-state index is 12.7. The maximum Gasteiger partial charge on any atom is 0.243 e. The second-order valence-corrected chi connectivity index (χ2v) is 8.48. The first-order valence-electron chi connectivity index (χ1n) is 8.56. The molecule has 0 atom stereocenters. The number of nitrogens with zero attached hydrogens (tertiary/aromatic N) is 2. The molecule has 7 heteroatoms. The molecule has 2 fully saturated rings. The standard InChI is InChI=1S/C18H23N3O3S/c1-2-15-3-5-17(6-4-15)25(23,24)21-12-11-20(18(22)14-21)13-16-7-9-19-10-8-16/h1,3-6,16,19H,7-14H2. The number of benzene rings is 1. The van der Waals surface area contributed by atoms with Crippen molar-refractivity contribution < 1.29 is 13.2 Å². The number of piperidine rings is 1. The fourth-order valence-corrected chi connectivity index (χ4v) is 4.71. The molecular weight excluding hydrogens is 338 g/mol. The van der Waals surface area contributed by atoms with E-state index in [-0.39, 0.29) is 17.3 Å². The molecule has 0 saturated carbocycles. The quantitative estimate of drug-likeness (QED) is 0.793. The molecule has 0 radical (unpaired) electrons. The molecule has 1 aromatic carbocycles. The number of hydrogen-bond acceptors (Lipinski definition) is 4. The van der Waals surface area contributed by atoms with E-state index >= 15 is 0 Å². The van der Waals surface area contributed by atoms with Crippen LogP contribution < -0.4 is 5.32 Å². The largest absolute Gasteiger partial charge is 0.340 e. The van der Waals surface area contributed by atoms with Gasteiger partial charge in [-0.25, -0.2) is 8.42 Å². The van der Waals surface area contributed by atoms with Gasteiger partial charge in [-0.2, -0.15) is 4.31 Å². The summed E-state index contributed by atoms with van der Waals surface area (Å²) in [6, 6.07) is 6.19. The molecule has 0 aliphatic carbocycles. The Hall–Kier alpha value is -1.88. The summed E-state index contributed by atoms with van der Waals surface area (Å²) in [4.78, 5) is 14.4. The van der Waals surface area contributed by atoms with Crippen molar-refractivity contribution in [3.8, 4) is 12.3 Å². The van der Waals surface area contributed by atoms with Crippen LogP contribution in [0.15, 0.2) is 29.2 Å². The van der Waals surface area contributed by atoms with Gasteiger partial charge in [0.2, 0.25) is 15.9 Å². The average Bonchev–Trinajstić information content (AvgIpc) is 2.64. The van der Waals surface area contributed by atoms with E-state index in [0.717, 1.165) is 32.5 Å². The van der Waals surface area contributed by atoms with E-state index in [2.05, 4.69) is 11.2 Å². The Bertz CT molecular complexity index is 762. The van der Waals surface area contributed by atoms with Gasteiger partial charge in [0.1, 0.15) is 0 Å². The van der Waals surface area contributed by atoms with Crippen molar-refractivity contribution in [2.75, 3.05) is 39.3 Å². The SMILES string of the molecule is C#Cc1ccc(S(=O)(=O)N2CCN(CC3CCNCC3)C(=O)C2)cc1. The molecule has 3 rings (SSSR count). The highest BCUT2D eigenvalue weighted by atomic mass is 32.2. The number of carbonyl (C=O) groups excluding carboxylic acids is 1. The lowest BCUT2D eigenvalue weighted by molar-refractivity contribution is -0.134. The van der Waals surface area contributed by atoms with Crippen molar-refractivity contribution in [1.82, 2.24) is 14.5 Å². The molecule has 2 saturated heterocycles. The van der Waals surface area contributed by atoms with Gasteiger partial charge in [0.05, 0.1) is 11.4 Å². The maximum atomic E-state index is 12.7. The molecule has 0 spiro atoms. The summed E-state index contributed by atoms with van der Waals surface area (Å²) in [7, 11) is -3.67. The predicted molar refractivity (Wildman–Crippen MR) is 95.3 cm³/mol. The number of sulfonamides is 1. The van der Waals surface area contributed by atoms with Crippen LogP contribution >= 0.6 is 0 Å². The van der Waals surface area contributed by atoms with Gasteiger partial charge in [0, 0.05) is 25.2 Å². The van der Waals surface area contributed by atoms with Crippen LogP contribution in [-0.2, 0) is 14.8 Å². The molecule has 134 valence electrons. The van der Waals surface area contributed by atoms with Gasteiger partial charge in [0.15, 0.2) is 0 Å². The highest BCUT2D eigenvalue weighted by molar-refractivity contribution is 7.89. The Morgan fingerprint density at radius 3 is 2.44 bits per heavy atom. The molecule has 1 aromatic rings. The van der Waals surface area contributed by atoms with Crippen LogP contribution in [0.4, 0.5) is 0 Å². The number of rotatable bonds is 4. The summed E-state index contributed by atoms with van der Waals surface area (Å²) in [5, 5.41) is 3.31.